The molecule has 0 unspecified atom stereocenters. The Balaban J connectivity index is 1.63. The molecule has 31 heavy (non-hydrogen) atoms. The fraction of sp³-hybridized carbons (Fsp3) is 0. The van der Waals surface area contributed by atoms with Crippen molar-refractivity contribution in [2.45, 2.75) is 0 Å². The summed E-state index contributed by atoms with van der Waals surface area (Å²) in [5.41, 5.74) is 4.44. The molecule has 9 heteroatoms. The summed E-state index contributed by atoms with van der Waals surface area (Å²) in [5.74, 6) is -0.0512. The number of nitrogens with zero attached hydrogens (tertiary/aromatic N) is 4. The average Bonchev–Trinajstić information content (AvgIpc) is 3.24. The number of hydrogen-bond acceptors (Lipinski definition) is 5. The standard InChI is InChI=1S/C22H15Br2N5O2/c23-16-11-15(19(30)18(24)12-16)13-25-27-22(31)20-26-21(14-7-3-1-4-8-14)29(28-20)17-9-5-2-6-10-17/h1-13,30H,(H,27,31). The first-order chi connectivity index (χ1) is 15.0. The molecular formula is C22H15Br2N5O2. The van der Waals surface area contributed by atoms with Crippen molar-refractivity contribution in [1.29, 1.82) is 0 Å². The first-order valence-corrected chi connectivity index (χ1v) is 10.7. The molecule has 0 aliphatic carbocycles. The molecule has 2 N–H and O–H groups in total. The van der Waals surface area contributed by atoms with Crippen molar-refractivity contribution in [1.82, 2.24) is 20.2 Å². The third-order valence-electron chi connectivity index (χ3n) is 4.27. The fourth-order valence-electron chi connectivity index (χ4n) is 2.83. The molecule has 154 valence electrons. The van der Waals surface area contributed by atoms with Crippen LogP contribution in [0, 0.1) is 0 Å². The molecule has 0 bridgehead atoms. The summed E-state index contributed by atoms with van der Waals surface area (Å²) < 4.78 is 2.87. The molecule has 0 spiro atoms. The Labute approximate surface area is 194 Å². The highest BCUT2D eigenvalue weighted by atomic mass is 79.9. The Morgan fingerprint density at radius 1 is 1.03 bits per heavy atom. The van der Waals surface area contributed by atoms with Crippen LogP contribution in [0.1, 0.15) is 16.2 Å². The van der Waals surface area contributed by atoms with Crippen molar-refractivity contribution in [3.63, 3.8) is 0 Å². The number of rotatable bonds is 5. The second kappa shape index (κ2) is 9.23. The first kappa shape index (κ1) is 21.0. The lowest BCUT2D eigenvalue weighted by atomic mass is 10.2. The Hall–Kier alpha value is -3.30. The zero-order chi connectivity index (χ0) is 21.8. The number of nitrogens with one attached hydrogen (secondary N) is 1. The lowest BCUT2D eigenvalue weighted by molar-refractivity contribution is 0.0945. The number of benzene rings is 3. The van der Waals surface area contributed by atoms with E-state index in [1.807, 2.05) is 60.7 Å². The lowest BCUT2D eigenvalue weighted by Gasteiger charge is -2.05. The molecule has 0 fully saturated rings. The monoisotopic (exact) mass is 539 g/mol. The van der Waals surface area contributed by atoms with Crippen LogP contribution in [0.2, 0.25) is 0 Å². The number of carbonyl (C=O) groups is 1. The smallest absolute Gasteiger partial charge is 0.311 e. The number of phenols is 1. The minimum Gasteiger partial charge on any atom is -0.506 e. The summed E-state index contributed by atoms with van der Waals surface area (Å²) in [7, 11) is 0. The maximum Gasteiger partial charge on any atom is 0.311 e. The van der Waals surface area contributed by atoms with Gasteiger partial charge in [-0.05, 0) is 40.2 Å². The number of aromatic hydroxyl groups is 1. The van der Waals surface area contributed by atoms with E-state index in [9.17, 15) is 9.90 Å². The topological polar surface area (TPSA) is 92.4 Å². The summed E-state index contributed by atoms with van der Waals surface area (Å²) in [4.78, 5) is 17.1. The Bertz CT molecular complexity index is 1200. The van der Waals surface area contributed by atoms with Gasteiger partial charge < -0.3 is 5.11 Å². The number of para-hydroxylation sites is 1. The number of carbonyl (C=O) groups excluding carboxylic acids is 1. The maximum absolute atomic E-state index is 12.6. The van der Waals surface area contributed by atoms with Crippen LogP contribution in [0.25, 0.3) is 17.1 Å². The van der Waals surface area contributed by atoms with E-state index < -0.39 is 5.91 Å². The van der Waals surface area contributed by atoms with E-state index in [0.717, 1.165) is 15.7 Å². The lowest BCUT2D eigenvalue weighted by Crippen LogP contribution is -2.19. The Kier molecular flexibility index (Phi) is 6.24. The molecule has 1 amide bonds. The van der Waals surface area contributed by atoms with Gasteiger partial charge in [0.15, 0.2) is 5.82 Å². The number of hydrogen-bond donors (Lipinski definition) is 2. The maximum atomic E-state index is 12.6. The molecule has 0 radical (unpaired) electrons. The molecule has 0 saturated carbocycles. The SMILES string of the molecule is O=C(NN=Cc1cc(Br)cc(Br)c1O)c1nc(-c2ccccc2)n(-c2ccccc2)n1. The summed E-state index contributed by atoms with van der Waals surface area (Å²) in [6.07, 6.45) is 1.34. The van der Waals surface area contributed by atoms with Gasteiger partial charge in [0.2, 0.25) is 5.82 Å². The highest BCUT2D eigenvalue weighted by Crippen LogP contribution is 2.30. The van der Waals surface area contributed by atoms with E-state index in [4.69, 9.17) is 0 Å². The number of hydrazone groups is 1. The van der Waals surface area contributed by atoms with Crippen molar-refractivity contribution >= 4 is 44.0 Å². The number of halogens is 2. The van der Waals surface area contributed by atoms with E-state index in [2.05, 4.69) is 52.5 Å². The second-order valence-electron chi connectivity index (χ2n) is 6.40. The van der Waals surface area contributed by atoms with Crippen molar-refractivity contribution in [3.05, 3.63) is 93.1 Å². The van der Waals surface area contributed by atoms with Gasteiger partial charge in [0.1, 0.15) is 5.75 Å². The van der Waals surface area contributed by atoms with Gasteiger partial charge in [-0.1, -0.05) is 64.5 Å². The van der Waals surface area contributed by atoms with Crippen LogP contribution in [-0.2, 0) is 0 Å². The molecule has 7 nitrogen and oxygen atoms in total. The summed E-state index contributed by atoms with van der Waals surface area (Å²) >= 11 is 6.60. The van der Waals surface area contributed by atoms with Crippen molar-refractivity contribution in [2.24, 2.45) is 5.10 Å². The molecule has 1 aromatic heterocycles. The molecule has 4 aromatic rings. The second-order valence-corrected chi connectivity index (χ2v) is 8.17. The molecule has 3 aromatic carbocycles. The van der Waals surface area contributed by atoms with Crippen molar-refractivity contribution in [3.8, 4) is 22.8 Å². The van der Waals surface area contributed by atoms with E-state index in [0.29, 0.717) is 15.9 Å². The molecule has 1 heterocycles. The minimum atomic E-state index is -0.573. The third kappa shape index (κ3) is 4.73. The van der Waals surface area contributed by atoms with Crippen LogP contribution in [-0.4, -0.2) is 32.0 Å². The van der Waals surface area contributed by atoms with E-state index in [1.165, 1.54) is 6.21 Å². The summed E-state index contributed by atoms with van der Waals surface area (Å²) in [5, 5.41) is 18.4. The van der Waals surface area contributed by atoms with Crippen LogP contribution < -0.4 is 5.43 Å². The molecule has 0 aliphatic rings. The molecule has 0 atom stereocenters. The van der Waals surface area contributed by atoms with Gasteiger partial charge in [0, 0.05) is 15.6 Å². The van der Waals surface area contributed by atoms with Crippen molar-refractivity contribution < 1.29 is 9.90 Å². The molecule has 0 aliphatic heterocycles. The number of amides is 1. The fourth-order valence-corrected chi connectivity index (χ4v) is 4.08. The van der Waals surface area contributed by atoms with Gasteiger partial charge in [0.05, 0.1) is 16.4 Å². The largest absolute Gasteiger partial charge is 0.506 e. The zero-order valence-electron chi connectivity index (χ0n) is 15.9. The van der Waals surface area contributed by atoms with Crippen LogP contribution >= 0.6 is 31.9 Å². The van der Waals surface area contributed by atoms with E-state index in [1.54, 1.807) is 16.8 Å². The molecule has 4 rings (SSSR count). The highest BCUT2D eigenvalue weighted by Gasteiger charge is 2.18. The van der Waals surface area contributed by atoms with Crippen molar-refractivity contribution in [2.75, 3.05) is 0 Å². The zero-order valence-corrected chi connectivity index (χ0v) is 19.1. The average molecular weight is 541 g/mol. The Morgan fingerprint density at radius 3 is 2.42 bits per heavy atom. The van der Waals surface area contributed by atoms with Gasteiger partial charge in [-0.2, -0.15) is 5.10 Å². The predicted molar refractivity (Wildman–Crippen MR) is 125 cm³/mol. The Morgan fingerprint density at radius 2 is 1.71 bits per heavy atom. The van der Waals surface area contributed by atoms with Gasteiger partial charge in [-0.25, -0.2) is 15.1 Å². The van der Waals surface area contributed by atoms with Crippen LogP contribution in [0.3, 0.4) is 0 Å². The predicted octanol–water partition coefficient (Wildman–Crippen LogP) is 4.93. The van der Waals surface area contributed by atoms with Gasteiger partial charge in [0.25, 0.3) is 0 Å². The van der Waals surface area contributed by atoms with Crippen LogP contribution in [0.15, 0.2) is 86.8 Å². The quantitative estimate of drug-likeness (QED) is 0.277. The highest BCUT2D eigenvalue weighted by molar-refractivity contribution is 9.11. The summed E-state index contributed by atoms with van der Waals surface area (Å²) in [6, 6.07) is 22.3. The summed E-state index contributed by atoms with van der Waals surface area (Å²) in [6.45, 7) is 0. The first-order valence-electron chi connectivity index (χ1n) is 9.12. The molecular weight excluding hydrogens is 526 g/mol. The third-order valence-corrected chi connectivity index (χ3v) is 5.33. The van der Waals surface area contributed by atoms with E-state index >= 15 is 0 Å². The number of phenolic OH excluding ortho intramolecular Hbond substituents is 1. The van der Waals surface area contributed by atoms with E-state index in [-0.39, 0.29) is 11.6 Å². The molecule has 0 saturated heterocycles. The normalized spacial score (nSPS) is 11.0. The van der Waals surface area contributed by atoms with Gasteiger partial charge in [-0.3, -0.25) is 4.79 Å². The van der Waals surface area contributed by atoms with Gasteiger partial charge >= 0.3 is 5.91 Å². The van der Waals surface area contributed by atoms with Crippen LogP contribution in [0.5, 0.6) is 5.75 Å². The number of aromatic nitrogens is 3. The van der Waals surface area contributed by atoms with Crippen LogP contribution in [0.4, 0.5) is 0 Å². The van der Waals surface area contributed by atoms with Gasteiger partial charge in [-0.15, -0.1) is 5.10 Å². The minimum absolute atomic E-state index is 0.0130.